The second-order valence-electron chi connectivity index (χ2n) is 6.05. The first-order valence-electron chi connectivity index (χ1n) is 9.42. The van der Waals surface area contributed by atoms with E-state index in [4.69, 9.17) is 10.2 Å². The van der Waals surface area contributed by atoms with Crippen LogP contribution in [0.4, 0.5) is 0 Å². The van der Waals surface area contributed by atoms with Crippen molar-refractivity contribution < 1.29 is 31.9 Å². The van der Waals surface area contributed by atoms with E-state index < -0.39 is 0 Å². The molecular weight excluding hydrogens is 420 g/mol. The van der Waals surface area contributed by atoms with Gasteiger partial charge in [-0.15, -0.1) is 35.2 Å². The van der Waals surface area contributed by atoms with E-state index in [0.29, 0.717) is 0 Å². The number of rotatable bonds is 0. The van der Waals surface area contributed by atoms with Crippen LogP contribution in [0.2, 0.25) is 13.1 Å². The Kier molecular flexibility index (Phi) is 15.8. The van der Waals surface area contributed by atoms with Crippen LogP contribution in [0.15, 0.2) is 84.9 Å². The summed E-state index contributed by atoms with van der Waals surface area (Å²) in [7, 11) is 2.58. The molecule has 2 radical (unpaired) electrons. The molecule has 30 heavy (non-hydrogen) atoms. The van der Waals surface area contributed by atoms with Crippen molar-refractivity contribution >= 4 is 20.3 Å². The fourth-order valence-electron chi connectivity index (χ4n) is 3.07. The van der Waals surface area contributed by atoms with Gasteiger partial charge < -0.3 is 10.2 Å². The molecule has 1 aliphatic rings. The molecule has 0 spiro atoms. The van der Waals surface area contributed by atoms with E-state index in [1.54, 1.807) is 0 Å². The quantitative estimate of drug-likeness (QED) is 0.261. The molecule has 0 amide bonds. The molecule has 0 saturated carbocycles. The van der Waals surface area contributed by atoms with Gasteiger partial charge in [-0.2, -0.15) is 61.6 Å². The summed E-state index contributed by atoms with van der Waals surface area (Å²) in [6.45, 7) is 4.31. The summed E-state index contributed by atoms with van der Waals surface area (Å²) < 4.78 is 0. The molecule has 0 heterocycles. The Hall–Kier alpha value is -1.88. The van der Waals surface area contributed by atoms with Crippen molar-refractivity contribution in [2.45, 2.75) is 19.5 Å². The third-order valence-corrected chi connectivity index (χ3v) is 4.16. The van der Waals surface area contributed by atoms with Gasteiger partial charge >= 0.3 is 21.7 Å². The number of hydrogen-bond acceptors (Lipinski definition) is 2. The van der Waals surface area contributed by atoms with Gasteiger partial charge in [-0.25, -0.2) is 0 Å². The summed E-state index contributed by atoms with van der Waals surface area (Å²) in [4.78, 5) is 0. The van der Waals surface area contributed by atoms with Gasteiger partial charge in [0.1, 0.15) is 0 Å². The summed E-state index contributed by atoms with van der Waals surface area (Å²) >= 11 is 0. The minimum Gasteiger partial charge on any atom is -0.857 e. The van der Waals surface area contributed by atoms with E-state index in [-0.39, 0.29) is 21.7 Å². The van der Waals surface area contributed by atoms with Gasteiger partial charge in [0.15, 0.2) is 0 Å². The van der Waals surface area contributed by atoms with E-state index >= 15 is 0 Å². The molecule has 4 aromatic rings. The minimum absolute atomic E-state index is 0. The Morgan fingerprint density at radius 3 is 2.10 bits per heavy atom. The third-order valence-electron chi connectivity index (χ3n) is 4.16. The molecule has 5 rings (SSSR count). The minimum atomic E-state index is 0. The van der Waals surface area contributed by atoms with Crippen LogP contribution in [-0.2, 0) is 28.1 Å². The Labute approximate surface area is 198 Å². The van der Waals surface area contributed by atoms with E-state index in [2.05, 4.69) is 98.0 Å². The maximum atomic E-state index is 8.25. The molecule has 0 atom stereocenters. The Balaban J connectivity index is 0.000000436. The SMILES string of the molecule is C[O-].C[O-].C[Si]C.[Ti+4].[c-]1cccc2c1Cc1ccccc1-2.c1ccc2[cH-]ccc2c1. The van der Waals surface area contributed by atoms with Crippen molar-refractivity contribution in [1.29, 1.82) is 0 Å². The molecule has 4 heteroatoms. The van der Waals surface area contributed by atoms with Gasteiger partial charge in [0.05, 0.1) is 0 Å². The zero-order valence-corrected chi connectivity index (χ0v) is 20.7. The van der Waals surface area contributed by atoms with Crippen LogP contribution in [0.25, 0.3) is 21.9 Å². The molecule has 0 N–H and O–H groups in total. The second kappa shape index (κ2) is 16.9. The van der Waals surface area contributed by atoms with Crippen molar-refractivity contribution in [3.8, 4) is 11.1 Å². The van der Waals surface area contributed by atoms with Crippen LogP contribution < -0.4 is 10.2 Å². The van der Waals surface area contributed by atoms with Gasteiger partial charge in [-0.05, 0) is 6.42 Å². The maximum absolute atomic E-state index is 8.25. The molecule has 0 aliphatic heterocycles. The molecule has 0 saturated heterocycles. The summed E-state index contributed by atoms with van der Waals surface area (Å²) in [5.41, 5.74) is 5.51. The molecule has 0 fully saturated rings. The van der Waals surface area contributed by atoms with E-state index in [1.165, 1.54) is 33.0 Å². The zero-order valence-electron chi connectivity index (χ0n) is 18.1. The van der Waals surface area contributed by atoms with Gasteiger partial charge in [-0.1, -0.05) is 54.6 Å². The Bertz CT molecular complexity index is 877. The van der Waals surface area contributed by atoms with Crippen LogP contribution >= 0.6 is 0 Å². The monoisotopic (exact) mass is 448 g/mol. The average molecular weight is 448 g/mol. The average Bonchev–Trinajstić information content (AvgIpc) is 3.42. The Morgan fingerprint density at radius 2 is 1.40 bits per heavy atom. The summed E-state index contributed by atoms with van der Waals surface area (Å²) in [6, 6.07) is 32.8. The maximum Gasteiger partial charge on any atom is 4.00 e. The predicted octanol–water partition coefficient (Wildman–Crippen LogP) is 4.35. The van der Waals surface area contributed by atoms with Crippen LogP contribution in [0, 0.1) is 6.07 Å². The van der Waals surface area contributed by atoms with Crippen LogP contribution in [0.3, 0.4) is 0 Å². The number of benzene rings is 3. The topological polar surface area (TPSA) is 46.1 Å². The molecule has 1 aliphatic carbocycles. The number of fused-ring (bicyclic) bond motifs is 4. The van der Waals surface area contributed by atoms with Gasteiger partial charge in [-0.3, -0.25) is 0 Å². The summed E-state index contributed by atoms with van der Waals surface area (Å²) in [6.07, 6.45) is 1.05. The fourth-order valence-corrected chi connectivity index (χ4v) is 3.07. The molecule has 4 aromatic carbocycles. The van der Waals surface area contributed by atoms with Crippen molar-refractivity contribution in [2.75, 3.05) is 14.2 Å². The van der Waals surface area contributed by atoms with Crippen LogP contribution in [0.1, 0.15) is 11.1 Å². The van der Waals surface area contributed by atoms with Crippen molar-refractivity contribution in [2.24, 2.45) is 0 Å². The fraction of sp³-hybridized carbons (Fsp3) is 0.192. The smallest absolute Gasteiger partial charge is 0.857 e. The van der Waals surface area contributed by atoms with Crippen LogP contribution in [-0.4, -0.2) is 23.7 Å². The first-order valence-corrected chi connectivity index (χ1v) is 11.4. The number of hydrogen-bond donors (Lipinski definition) is 0. The van der Waals surface area contributed by atoms with Crippen LogP contribution in [0.5, 0.6) is 0 Å². The van der Waals surface area contributed by atoms with E-state index in [9.17, 15) is 0 Å². The van der Waals surface area contributed by atoms with E-state index in [0.717, 1.165) is 30.2 Å². The van der Waals surface area contributed by atoms with Crippen molar-refractivity contribution in [3.05, 3.63) is 102 Å². The van der Waals surface area contributed by atoms with Gasteiger partial charge in [0.2, 0.25) is 0 Å². The zero-order chi connectivity index (χ0) is 21.5. The Morgan fingerprint density at radius 1 is 0.800 bits per heavy atom. The van der Waals surface area contributed by atoms with Gasteiger partial charge in [0, 0.05) is 9.52 Å². The van der Waals surface area contributed by atoms with Gasteiger partial charge in [0.25, 0.3) is 0 Å². The second-order valence-corrected chi connectivity index (χ2v) is 7.05. The normalized spacial score (nSPS) is 9.40. The summed E-state index contributed by atoms with van der Waals surface area (Å²) in [5, 5.41) is 19.2. The molecule has 0 unspecified atom stereocenters. The first kappa shape index (κ1) is 28.1. The third kappa shape index (κ3) is 8.10. The molecule has 2 nitrogen and oxygen atoms in total. The van der Waals surface area contributed by atoms with Crippen molar-refractivity contribution in [1.82, 2.24) is 0 Å². The molecule has 152 valence electrons. The van der Waals surface area contributed by atoms with E-state index in [1.807, 2.05) is 6.07 Å². The standard InChI is InChI=1S/C13H9.C9H7.C2H6Si.2CH3O.Ti/c1-3-7-12-10(5-1)9-11-6-2-4-8-13(11)12;1-2-5-9-7-3-6-8(9)4-1;1-3-2;2*1-2;/h1-5,7-8H,9H2;1-7H;1-2H3;2*1H3;/q2*-1;;2*-1;+4. The molecule has 0 aromatic heterocycles. The van der Waals surface area contributed by atoms with Crippen molar-refractivity contribution in [3.63, 3.8) is 0 Å². The first-order chi connectivity index (χ1) is 14.3. The predicted molar refractivity (Wildman–Crippen MR) is 122 cm³/mol. The largest absolute Gasteiger partial charge is 4.00 e. The molecule has 0 bridgehead atoms. The molecular formula is C26H28O2SiTi. The summed E-state index contributed by atoms with van der Waals surface area (Å²) in [5.74, 6) is 0.